The summed E-state index contributed by atoms with van der Waals surface area (Å²) in [7, 11) is -4.25. The number of para-hydroxylation sites is 1. The van der Waals surface area contributed by atoms with Crippen molar-refractivity contribution >= 4 is 13.7 Å². The topological polar surface area (TPSA) is 182 Å². The fraction of sp³-hybridized carbons (Fsp3) is 0.455. The Morgan fingerprint density at radius 3 is 2.58 bits per heavy atom. The number of rotatable bonds is 10. The van der Waals surface area contributed by atoms with Gasteiger partial charge < -0.3 is 19.1 Å². The Hall–Kier alpha value is -3.27. The van der Waals surface area contributed by atoms with Crippen LogP contribution in [-0.4, -0.2) is 51.6 Å². The van der Waals surface area contributed by atoms with Gasteiger partial charge in [-0.25, -0.2) is 9.36 Å². The number of hydrogen-bond acceptors (Lipinski definition) is 10. The molecule has 1 saturated heterocycles. The molecule has 1 fully saturated rings. The van der Waals surface area contributed by atoms with E-state index in [2.05, 4.69) is 10.1 Å². The van der Waals surface area contributed by atoms with Crippen molar-refractivity contribution in [1.82, 2.24) is 14.6 Å². The average Bonchev–Trinajstić information content (AvgIpc) is 3.12. The molecule has 3 rings (SSSR count). The maximum atomic E-state index is 13.6. The van der Waals surface area contributed by atoms with E-state index in [4.69, 9.17) is 18.5 Å². The monoisotopic (exact) mass is 522 g/mol. The van der Waals surface area contributed by atoms with Crippen molar-refractivity contribution in [3.63, 3.8) is 0 Å². The molecule has 3 N–H and O–H groups in total. The first-order chi connectivity index (χ1) is 17.0. The van der Waals surface area contributed by atoms with E-state index in [0.29, 0.717) is 0 Å². The smallest absolute Gasteiger partial charge is 0.459 e. The van der Waals surface area contributed by atoms with Crippen molar-refractivity contribution in [2.24, 2.45) is 5.92 Å². The van der Waals surface area contributed by atoms with Gasteiger partial charge in [0.1, 0.15) is 29.9 Å². The van der Waals surface area contributed by atoms with Crippen LogP contribution in [0.5, 0.6) is 5.75 Å². The van der Waals surface area contributed by atoms with E-state index in [1.54, 1.807) is 32.0 Å². The first-order valence-corrected chi connectivity index (χ1v) is 12.6. The highest BCUT2D eigenvalue weighted by molar-refractivity contribution is 7.52. The highest BCUT2D eigenvalue weighted by Gasteiger charge is 2.47. The van der Waals surface area contributed by atoms with Crippen molar-refractivity contribution in [2.45, 2.75) is 51.4 Å². The van der Waals surface area contributed by atoms with Gasteiger partial charge in [0.2, 0.25) is 0 Å². The number of nitrogens with one attached hydrogen (secondary N) is 2. The van der Waals surface area contributed by atoms with Gasteiger partial charge in [0.25, 0.3) is 5.56 Å². The van der Waals surface area contributed by atoms with Gasteiger partial charge in [0.15, 0.2) is 6.23 Å². The van der Waals surface area contributed by atoms with Crippen molar-refractivity contribution in [3.8, 4) is 11.8 Å². The molecule has 13 nitrogen and oxygen atoms in total. The summed E-state index contributed by atoms with van der Waals surface area (Å²) in [6.45, 7) is 4.21. The van der Waals surface area contributed by atoms with Crippen molar-refractivity contribution in [2.75, 3.05) is 6.61 Å². The zero-order chi connectivity index (χ0) is 26.5. The fourth-order valence-electron chi connectivity index (χ4n) is 3.39. The van der Waals surface area contributed by atoms with E-state index < -0.39 is 68.1 Å². The zero-order valence-corrected chi connectivity index (χ0v) is 20.7. The number of benzene rings is 1. The molecular weight excluding hydrogens is 495 g/mol. The largest absolute Gasteiger partial charge is 0.462 e. The van der Waals surface area contributed by atoms with E-state index >= 15 is 0 Å². The lowest BCUT2D eigenvalue weighted by Crippen LogP contribution is -2.37. The van der Waals surface area contributed by atoms with Crippen LogP contribution in [0.2, 0.25) is 0 Å². The van der Waals surface area contributed by atoms with E-state index in [-0.39, 0.29) is 5.75 Å². The molecule has 14 heteroatoms. The molecule has 6 atom stereocenters. The molecule has 0 radical (unpaired) electrons. The molecule has 2 aromatic rings. The number of nitriles is 1. The molecular formula is C22H27N4O9P. The lowest BCUT2D eigenvalue weighted by molar-refractivity contribution is -0.149. The average molecular weight is 522 g/mol. The minimum Gasteiger partial charge on any atom is -0.462 e. The number of aromatic amines is 1. The molecule has 1 aliphatic heterocycles. The second-order valence-corrected chi connectivity index (χ2v) is 9.96. The van der Waals surface area contributed by atoms with Gasteiger partial charge in [-0.15, -0.1) is 0 Å². The van der Waals surface area contributed by atoms with Crippen LogP contribution in [0.15, 0.2) is 52.2 Å². The van der Waals surface area contributed by atoms with Crippen LogP contribution >= 0.6 is 7.75 Å². The van der Waals surface area contributed by atoms with Gasteiger partial charge in [-0.05, 0) is 32.9 Å². The number of ether oxygens (including phenoxy) is 2. The van der Waals surface area contributed by atoms with E-state index in [0.717, 1.165) is 16.8 Å². The maximum absolute atomic E-state index is 13.6. The van der Waals surface area contributed by atoms with E-state index in [1.807, 2.05) is 6.07 Å². The summed E-state index contributed by atoms with van der Waals surface area (Å²) >= 11 is 0. The Morgan fingerprint density at radius 1 is 1.28 bits per heavy atom. The minimum absolute atomic E-state index is 0.179. The highest BCUT2D eigenvalue weighted by atomic mass is 31.2. The molecule has 36 heavy (non-hydrogen) atoms. The van der Waals surface area contributed by atoms with Gasteiger partial charge in [0, 0.05) is 12.3 Å². The molecule has 0 aliphatic carbocycles. The number of aromatic nitrogens is 2. The maximum Gasteiger partial charge on any atom is 0.459 e. The van der Waals surface area contributed by atoms with E-state index in [1.165, 1.54) is 19.1 Å². The van der Waals surface area contributed by atoms with Gasteiger partial charge in [-0.2, -0.15) is 10.3 Å². The molecule has 0 saturated carbocycles. The summed E-state index contributed by atoms with van der Waals surface area (Å²) in [5.74, 6) is -1.72. The highest BCUT2D eigenvalue weighted by Crippen LogP contribution is 2.46. The number of H-pyrrole nitrogens is 1. The third-order valence-electron chi connectivity index (χ3n) is 5.08. The van der Waals surface area contributed by atoms with Crippen LogP contribution in [-0.2, 0) is 23.4 Å². The molecule has 194 valence electrons. The summed E-state index contributed by atoms with van der Waals surface area (Å²) in [4.78, 5) is 37.8. The van der Waals surface area contributed by atoms with Gasteiger partial charge >= 0.3 is 19.4 Å². The predicted molar refractivity (Wildman–Crippen MR) is 125 cm³/mol. The normalized spacial score (nSPS) is 24.0. The molecule has 0 amide bonds. The number of hydrogen-bond donors (Lipinski definition) is 3. The molecule has 0 unspecified atom stereocenters. The number of esters is 1. The van der Waals surface area contributed by atoms with Gasteiger partial charge in [0.05, 0.1) is 18.8 Å². The predicted octanol–water partition coefficient (Wildman–Crippen LogP) is 1.07. The van der Waals surface area contributed by atoms with Crippen LogP contribution in [0.1, 0.15) is 27.0 Å². The Kier molecular flexibility index (Phi) is 8.84. The van der Waals surface area contributed by atoms with E-state index in [9.17, 15) is 29.3 Å². The molecule has 1 aromatic heterocycles. The Morgan fingerprint density at radius 2 is 1.97 bits per heavy atom. The van der Waals surface area contributed by atoms with Crippen LogP contribution in [0.25, 0.3) is 0 Å². The van der Waals surface area contributed by atoms with Crippen LogP contribution < -0.4 is 20.9 Å². The number of carbonyl (C=O) groups is 1. The summed E-state index contributed by atoms with van der Waals surface area (Å²) in [5, 5.41) is 22.7. The third kappa shape index (κ3) is 6.69. The molecule has 1 aliphatic rings. The summed E-state index contributed by atoms with van der Waals surface area (Å²) < 4.78 is 36.4. The van der Waals surface area contributed by atoms with Gasteiger partial charge in [-0.1, -0.05) is 18.2 Å². The minimum atomic E-state index is -4.25. The zero-order valence-electron chi connectivity index (χ0n) is 19.8. The first-order valence-electron chi connectivity index (χ1n) is 11.0. The van der Waals surface area contributed by atoms with Crippen LogP contribution in [0.3, 0.4) is 0 Å². The Labute approximate surface area is 206 Å². The third-order valence-corrected chi connectivity index (χ3v) is 6.72. The van der Waals surface area contributed by atoms with Crippen LogP contribution in [0.4, 0.5) is 0 Å². The molecule has 1 aromatic carbocycles. The standard InChI is InChI=1S/C22H27N4O9P/c1-13(2)33-21(29)14(3)25-36(31,35-15-7-5-4-6-8-15)32-12-17-19(28)16(11-23)20(34-17)26-10-9-18(27)24-22(26)30/h4-10,13-14,16-17,19-20,28H,12H2,1-3H3,(H,25,31)(H,24,27,30)/t14-,16+,17+,19-,20+,36+/m0/s1. The molecule has 0 spiro atoms. The SMILES string of the molecule is CC(C)OC(=O)[C@H](C)N[P@@](=O)(OC[C@H]1O[C@@H](n2ccc(=O)[nH]c2=O)[C@H](C#N)[C@@H]1O)Oc1ccccc1. The lowest BCUT2D eigenvalue weighted by Gasteiger charge is -2.25. The second-order valence-electron chi connectivity index (χ2n) is 8.26. The molecule has 2 heterocycles. The van der Waals surface area contributed by atoms with Crippen molar-refractivity contribution in [3.05, 3.63) is 63.4 Å². The first kappa shape index (κ1) is 27.3. The Bertz CT molecular complexity index is 1260. The van der Waals surface area contributed by atoms with Gasteiger partial charge in [-0.3, -0.25) is 23.7 Å². The van der Waals surface area contributed by atoms with Crippen LogP contribution in [0, 0.1) is 17.2 Å². The lowest BCUT2D eigenvalue weighted by atomic mass is 10.0. The number of aliphatic hydroxyl groups excluding tert-OH is 1. The number of nitrogens with zero attached hydrogens (tertiary/aromatic N) is 2. The quantitative estimate of drug-likeness (QED) is 0.300. The Balaban J connectivity index is 1.79. The number of carbonyl (C=O) groups excluding carboxylic acids is 1. The summed E-state index contributed by atoms with van der Waals surface area (Å²) in [6, 6.07) is 9.92. The summed E-state index contributed by atoms with van der Waals surface area (Å²) in [6.07, 6.45) is -3.15. The number of aliphatic hydroxyl groups is 1. The van der Waals surface area contributed by atoms with Crippen molar-refractivity contribution in [1.29, 1.82) is 5.26 Å². The fourth-order valence-corrected chi connectivity index (χ4v) is 4.90. The second kappa shape index (κ2) is 11.6. The molecule has 0 bridgehead atoms. The van der Waals surface area contributed by atoms with Crippen molar-refractivity contribution < 1.29 is 33.0 Å². The summed E-state index contributed by atoms with van der Waals surface area (Å²) in [5.41, 5.74) is -1.47.